The van der Waals surface area contributed by atoms with E-state index >= 15 is 0 Å². The Labute approximate surface area is 139 Å². The maximum absolute atomic E-state index is 13.3. The Morgan fingerprint density at radius 3 is 2.88 bits per heavy atom. The summed E-state index contributed by atoms with van der Waals surface area (Å²) in [5.41, 5.74) is 3.67. The number of halogens is 1. The second-order valence-electron chi connectivity index (χ2n) is 6.16. The lowest BCUT2D eigenvalue weighted by atomic mass is 10.1. The highest BCUT2D eigenvalue weighted by atomic mass is 19.1. The maximum Gasteiger partial charge on any atom is 0.268 e. The molecule has 1 amide bonds. The number of rotatable bonds is 3. The second-order valence-corrected chi connectivity index (χ2v) is 6.16. The van der Waals surface area contributed by atoms with Gasteiger partial charge in [-0.15, -0.1) is 0 Å². The molecule has 122 valence electrons. The summed E-state index contributed by atoms with van der Waals surface area (Å²) in [6, 6.07) is 14.4. The predicted molar refractivity (Wildman–Crippen MR) is 91.5 cm³/mol. The second kappa shape index (κ2) is 5.76. The first kappa shape index (κ1) is 14.9. The standard InChI is InChI=1S/C19H18FN3O/c1-21-18-14-5-3-2-4-11(14)9-16(18)23-19(24)17-10-12-8-13(20)6-7-15(12)22-17/h2-8,10,16,18,21-22H,9H2,1H3,(H,23,24)/t16-,18-/m1/s1. The summed E-state index contributed by atoms with van der Waals surface area (Å²) in [5.74, 6) is -0.486. The number of likely N-dealkylation sites (N-methyl/N-ethyl adjacent to an activating group) is 1. The van der Waals surface area contributed by atoms with Crippen molar-refractivity contribution in [2.24, 2.45) is 0 Å². The number of carbonyl (C=O) groups is 1. The smallest absolute Gasteiger partial charge is 0.268 e. The van der Waals surface area contributed by atoms with Crippen LogP contribution in [0.25, 0.3) is 10.9 Å². The van der Waals surface area contributed by atoms with E-state index in [1.165, 1.54) is 23.3 Å². The zero-order valence-electron chi connectivity index (χ0n) is 13.3. The third-order valence-corrected chi connectivity index (χ3v) is 4.69. The number of amides is 1. The third kappa shape index (κ3) is 2.47. The first-order valence-corrected chi connectivity index (χ1v) is 8.00. The van der Waals surface area contributed by atoms with Crippen LogP contribution in [0, 0.1) is 5.82 Å². The van der Waals surface area contributed by atoms with Crippen molar-refractivity contribution in [2.45, 2.75) is 18.5 Å². The molecule has 1 heterocycles. The van der Waals surface area contributed by atoms with E-state index in [1.54, 1.807) is 12.1 Å². The zero-order chi connectivity index (χ0) is 16.7. The van der Waals surface area contributed by atoms with Gasteiger partial charge in [-0.1, -0.05) is 24.3 Å². The van der Waals surface area contributed by atoms with E-state index in [9.17, 15) is 9.18 Å². The van der Waals surface area contributed by atoms with Gasteiger partial charge in [-0.05, 0) is 48.9 Å². The predicted octanol–water partition coefficient (Wildman–Crippen LogP) is 2.92. The quantitative estimate of drug-likeness (QED) is 0.694. The zero-order valence-corrected chi connectivity index (χ0v) is 13.3. The Kier molecular flexibility index (Phi) is 3.58. The first-order valence-electron chi connectivity index (χ1n) is 8.00. The number of nitrogens with one attached hydrogen (secondary N) is 3. The minimum absolute atomic E-state index is 0.0111. The molecule has 0 aliphatic heterocycles. The number of benzene rings is 2. The average molecular weight is 323 g/mol. The van der Waals surface area contributed by atoms with Crippen molar-refractivity contribution < 1.29 is 9.18 Å². The molecule has 3 N–H and O–H groups in total. The molecule has 0 spiro atoms. The van der Waals surface area contributed by atoms with Crippen LogP contribution in [0.5, 0.6) is 0 Å². The van der Waals surface area contributed by atoms with Crippen LogP contribution in [0.15, 0.2) is 48.5 Å². The molecule has 3 aromatic rings. The van der Waals surface area contributed by atoms with Crippen LogP contribution in [-0.4, -0.2) is 24.0 Å². The number of carbonyl (C=O) groups excluding carboxylic acids is 1. The molecule has 4 nitrogen and oxygen atoms in total. The van der Waals surface area contributed by atoms with Gasteiger partial charge in [-0.2, -0.15) is 0 Å². The summed E-state index contributed by atoms with van der Waals surface area (Å²) in [4.78, 5) is 15.7. The summed E-state index contributed by atoms with van der Waals surface area (Å²) in [5, 5.41) is 7.07. The van der Waals surface area contributed by atoms with Crippen molar-refractivity contribution in [3.63, 3.8) is 0 Å². The highest BCUT2D eigenvalue weighted by Gasteiger charge is 2.32. The third-order valence-electron chi connectivity index (χ3n) is 4.69. The summed E-state index contributed by atoms with van der Waals surface area (Å²) in [7, 11) is 1.90. The lowest BCUT2D eigenvalue weighted by Crippen LogP contribution is -2.41. The molecule has 5 heteroatoms. The Morgan fingerprint density at radius 1 is 1.21 bits per heavy atom. The molecule has 0 radical (unpaired) electrons. The molecule has 24 heavy (non-hydrogen) atoms. The summed E-state index contributed by atoms with van der Waals surface area (Å²) in [6.45, 7) is 0. The van der Waals surface area contributed by atoms with Crippen molar-refractivity contribution in [3.8, 4) is 0 Å². The summed E-state index contributed by atoms with van der Waals surface area (Å²) < 4.78 is 13.3. The van der Waals surface area contributed by atoms with Gasteiger partial charge in [0.15, 0.2) is 0 Å². The molecule has 0 unspecified atom stereocenters. The van der Waals surface area contributed by atoms with Crippen LogP contribution in [-0.2, 0) is 6.42 Å². The van der Waals surface area contributed by atoms with Gasteiger partial charge >= 0.3 is 0 Å². The lowest BCUT2D eigenvalue weighted by Gasteiger charge is -2.21. The highest BCUT2D eigenvalue weighted by molar-refractivity contribution is 5.98. The van der Waals surface area contributed by atoms with E-state index in [4.69, 9.17) is 0 Å². The number of aromatic nitrogens is 1. The van der Waals surface area contributed by atoms with Crippen molar-refractivity contribution >= 4 is 16.8 Å². The van der Waals surface area contributed by atoms with Crippen LogP contribution in [0.3, 0.4) is 0 Å². The van der Waals surface area contributed by atoms with E-state index < -0.39 is 0 Å². The Balaban J connectivity index is 1.57. The first-order chi connectivity index (χ1) is 11.7. The molecule has 0 saturated heterocycles. The van der Waals surface area contributed by atoms with Gasteiger partial charge < -0.3 is 15.6 Å². The summed E-state index contributed by atoms with van der Waals surface area (Å²) in [6.07, 6.45) is 0.794. The molecule has 1 aromatic heterocycles. The van der Waals surface area contributed by atoms with E-state index in [-0.39, 0.29) is 23.8 Å². The fourth-order valence-corrected chi connectivity index (χ4v) is 3.56. The number of hydrogen-bond donors (Lipinski definition) is 3. The fraction of sp³-hybridized carbons (Fsp3) is 0.211. The van der Waals surface area contributed by atoms with E-state index in [1.807, 2.05) is 19.2 Å². The van der Waals surface area contributed by atoms with Crippen molar-refractivity contribution in [1.82, 2.24) is 15.6 Å². The van der Waals surface area contributed by atoms with Crippen molar-refractivity contribution in [1.29, 1.82) is 0 Å². The van der Waals surface area contributed by atoms with E-state index in [2.05, 4.69) is 27.8 Å². The van der Waals surface area contributed by atoms with E-state index in [0.29, 0.717) is 11.1 Å². The van der Waals surface area contributed by atoms with Crippen molar-refractivity contribution in [2.75, 3.05) is 7.05 Å². The monoisotopic (exact) mass is 323 g/mol. The molecule has 2 atom stereocenters. The van der Waals surface area contributed by atoms with Crippen molar-refractivity contribution in [3.05, 3.63) is 71.2 Å². The minimum Gasteiger partial charge on any atom is -0.351 e. The Morgan fingerprint density at radius 2 is 2.04 bits per heavy atom. The molecule has 0 bridgehead atoms. The van der Waals surface area contributed by atoms with Gasteiger partial charge in [0.1, 0.15) is 11.5 Å². The van der Waals surface area contributed by atoms with Crippen LogP contribution < -0.4 is 10.6 Å². The van der Waals surface area contributed by atoms with Gasteiger partial charge in [0.05, 0.1) is 12.1 Å². The number of aromatic amines is 1. The summed E-state index contributed by atoms with van der Waals surface area (Å²) >= 11 is 0. The molecular weight excluding hydrogens is 305 g/mol. The van der Waals surface area contributed by atoms with Crippen LogP contribution in [0.2, 0.25) is 0 Å². The van der Waals surface area contributed by atoms with Gasteiger partial charge in [0.25, 0.3) is 5.91 Å². The maximum atomic E-state index is 13.3. The highest BCUT2D eigenvalue weighted by Crippen LogP contribution is 2.31. The topological polar surface area (TPSA) is 56.9 Å². The molecule has 1 aliphatic rings. The fourth-order valence-electron chi connectivity index (χ4n) is 3.56. The van der Waals surface area contributed by atoms with Crippen LogP contribution in [0.1, 0.15) is 27.7 Å². The Hall–Kier alpha value is -2.66. The van der Waals surface area contributed by atoms with Gasteiger partial charge in [0.2, 0.25) is 0 Å². The molecule has 4 rings (SSSR count). The van der Waals surface area contributed by atoms with Crippen LogP contribution in [0.4, 0.5) is 4.39 Å². The molecule has 2 aromatic carbocycles. The molecular formula is C19H18FN3O. The normalized spacial score (nSPS) is 19.4. The van der Waals surface area contributed by atoms with Crippen LogP contribution >= 0.6 is 0 Å². The largest absolute Gasteiger partial charge is 0.351 e. The lowest BCUT2D eigenvalue weighted by molar-refractivity contribution is 0.0926. The number of H-pyrrole nitrogens is 1. The minimum atomic E-state index is -0.310. The average Bonchev–Trinajstić information content (AvgIpc) is 3.14. The molecule has 0 fully saturated rings. The molecule has 0 saturated carbocycles. The van der Waals surface area contributed by atoms with E-state index in [0.717, 1.165) is 11.9 Å². The van der Waals surface area contributed by atoms with Gasteiger partial charge in [-0.3, -0.25) is 4.79 Å². The van der Waals surface area contributed by atoms with Gasteiger partial charge in [-0.25, -0.2) is 4.39 Å². The molecule has 1 aliphatic carbocycles. The number of hydrogen-bond acceptors (Lipinski definition) is 2. The van der Waals surface area contributed by atoms with Gasteiger partial charge in [0, 0.05) is 10.9 Å². The number of fused-ring (bicyclic) bond motifs is 2. The SMILES string of the molecule is CN[C@@H]1c2ccccc2C[C@H]1NC(=O)c1cc2cc(F)ccc2[nH]1. The Bertz CT molecular complexity index is 918.